The van der Waals surface area contributed by atoms with Gasteiger partial charge in [-0.1, -0.05) is 18.9 Å². The Morgan fingerprint density at radius 1 is 1.10 bits per heavy atom. The van der Waals surface area contributed by atoms with Crippen LogP contribution in [0.25, 0.3) is 0 Å². The van der Waals surface area contributed by atoms with Crippen molar-refractivity contribution >= 4 is 0 Å². The van der Waals surface area contributed by atoms with Gasteiger partial charge in [0.2, 0.25) is 5.82 Å². The first kappa shape index (κ1) is 18.0. The third-order valence-electron chi connectivity index (χ3n) is 4.61. The topological polar surface area (TPSA) is 9.23 Å². The van der Waals surface area contributed by atoms with Gasteiger partial charge in [-0.2, -0.15) is 17.2 Å². The minimum Gasteiger partial charge on any atom is -0.487 e. The molecule has 1 unspecified atom stereocenters. The second kappa shape index (κ2) is 8.51. The fourth-order valence-corrected chi connectivity index (χ4v) is 3.35. The quantitative estimate of drug-likeness (QED) is 0.744. The van der Waals surface area contributed by atoms with Crippen molar-refractivity contribution in [3.63, 3.8) is 0 Å². The Balaban J connectivity index is 0.00000161. The summed E-state index contributed by atoms with van der Waals surface area (Å²) in [4.78, 5) is 0. The van der Waals surface area contributed by atoms with Crippen LogP contribution in [0.4, 0.5) is 8.78 Å². The summed E-state index contributed by atoms with van der Waals surface area (Å²) in [5, 5.41) is 0. The van der Waals surface area contributed by atoms with Gasteiger partial charge >= 0.3 is 58.2 Å². The smallest absolute Gasteiger partial charge is 0.487 e. The Bertz CT molecular complexity index is 472. The molecule has 0 spiro atoms. The molecule has 1 aromatic rings. The zero-order chi connectivity index (χ0) is 13.9. The number of halogens is 2. The van der Waals surface area contributed by atoms with E-state index in [1.807, 2.05) is 0 Å². The standard InChI is InChI=1S/C17H21F2O.Rb/c18-15-11-8-13-7-10-14(20-17(13)16(15)19)9-6-12-4-2-1-3-5-12;/h1,8,11-12,14H,2-7,9-10H2;/q-1;+1. The summed E-state index contributed by atoms with van der Waals surface area (Å²) in [7, 11) is 0. The Morgan fingerprint density at radius 2 is 1.86 bits per heavy atom. The van der Waals surface area contributed by atoms with E-state index in [0.717, 1.165) is 37.2 Å². The van der Waals surface area contributed by atoms with Gasteiger partial charge in [0.1, 0.15) is 0 Å². The molecule has 0 bridgehead atoms. The fourth-order valence-electron chi connectivity index (χ4n) is 3.35. The van der Waals surface area contributed by atoms with Crippen LogP contribution < -0.4 is 62.9 Å². The van der Waals surface area contributed by atoms with E-state index in [2.05, 4.69) is 6.42 Å². The number of hydrogen-bond donors (Lipinski definition) is 0. The Labute approximate surface area is 174 Å². The van der Waals surface area contributed by atoms with Crippen LogP contribution >= 0.6 is 0 Å². The minimum absolute atomic E-state index is 0. The summed E-state index contributed by atoms with van der Waals surface area (Å²) in [6, 6.07) is 2.83. The van der Waals surface area contributed by atoms with Crippen molar-refractivity contribution in [2.45, 2.75) is 57.5 Å². The van der Waals surface area contributed by atoms with Crippen LogP contribution in [-0.2, 0) is 6.42 Å². The van der Waals surface area contributed by atoms with Crippen molar-refractivity contribution in [1.29, 1.82) is 0 Å². The molecule has 110 valence electrons. The first-order valence-corrected chi connectivity index (χ1v) is 7.69. The molecule has 21 heavy (non-hydrogen) atoms. The molecule has 1 heterocycles. The molecule has 0 radical (unpaired) electrons. The molecule has 0 N–H and O–H groups in total. The van der Waals surface area contributed by atoms with Gasteiger partial charge in [0.05, 0.1) is 6.10 Å². The molecule has 0 aromatic heterocycles. The second-order valence-electron chi connectivity index (χ2n) is 6.01. The van der Waals surface area contributed by atoms with E-state index < -0.39 is 11.6 Å². The van der Waals surface area contributed by atoms with Gasteiger partial charge in [-0.25, -0.2) is 4.39 Å². The third kappa shape index (κ3) is 4.59. The average molecular weight is 365 g/mol. The van der Waals surface area contributed by atoms with E-state index >= 15 is 0 Å². The van der Waals surface area contributed by atoms with E-state index in [1.54, 1.807) is 6.07 Å². The molecule has 1 aliphatic carbocycles. The van der Waals surface area contributed by atoms with Crippen LogP contribution in [0.15, 0.2) is 12.1 Å². The largest absolute Gasteiger partial charge is 1.00 e. The number of aryl methyl sites for hydroxylation is 1. The van der Waals surface area contributed by atoms with Crippen LogP contribution in [0.5, 0.6) is 5.75 Å². The van der Waals surface area contributed by atoms with Crippen molar-refractivity contribution in [2.24, 2.45) is 5.92 Å². The third-order valence-corrected chi connectivity index (χ3v) is 4.61. The zero-order valence-electron chi connectivity index (χ0n) is 12.7. The molecule has 1 fully saturated rings. The summed E-state index contributed by atoms with van der Waals surface area (Å²) < 4.78 is 32.7. The number of rotatable bonds is 3. The molecule has 1 nitrogen and oxygen atoms in total. The van der Waals surface area contributed by atoms with Crippen LogP contribution in [0.2, 0.25) is 0 Å². The van der Waals surface area contributed by atoms with Crippen molar-refractivity contribution in [1.82, 2.24) is 0 Å². The molecular formula is C17H21F2ORb. The van der Waals surface area contributed by atoms with Crippen molar-refractivity contribution in [2.75, 3.05) is 0 Å². The normalized spacial score (nSPS) is 22.1. The Morgan fingerprint density at radius 3 is 2.62 bits per heavy atom. The maximum Gasteiger partial charge on any atom is 1.00 e. The van der Waals surface area contributed by atoms with Gasteiger partial charge in [0.15, 0.2) is 11.6 Å². The number of ether oxygens (including phenoxy) is 1. The predicted molar refractivity (Wildman–Crippen MR) is 74.6 cm³/mol. The SMILES string of the molecule is Fc1ccc2c(c1F)OC(CCC1CC[CH-]CC1)CC2.[Rb+]. The molecule has 2 aliphatic rings. The minimum atomic E-state index is -0.820. The zero-order valence-corrected chi connectivity index (χ0v) is 17.6. The molecule has 4 heteroatoms. The van der Waals surface area contributed by atoms with Gasteiger partial charge in [-0.15, -0.1) is 0 Å². The number of benzene rings is 1. The van der Waals surface area contributed by atoms with Crippen molar-refractivity contribution in [3.8, 4) is 5.75 Å². The van der Waals surface area contributed by atoms with Crippen LogP contribution in [0.1, 0.15) is 50.5 Å². The first-order valence-electron chi connectivity index (χ1n) is 7.69. The first-order chi connectivity index (χ1) is 9.74. The van der Waals surface area contributed by atoms with Gasteiger partial charge < -0.3 is 11.2 Å². The van der Waals surface area contributed by atoms with Gasteiger partial charge in [-0.05, 0) is 43.2 Å². The van der Waals surface area contributed by atoms with E-state index in [1.165, 1.54) is 31.7 Å². The summed E-state index contributed by atoms with van der Waals surface area (Å²) in [5.74, 6) is -0.702. The second-order valence-corrected chi connectivity index (χ2v) is 6.01. The summed E-state index contributed by atoms with van der Waals surface area (Å²) in [5.41, 5.74) is 0.799. The van der Waals surface area contributed by atoms with E-state index in [0.29, 0.717) is 0 Å². The molecule has 1 atom stereocenters. The fraction of sp³-hybridized carbons (Fsp3) is 0.588. The average Bonchev–Trinajstić information content (AvgIpc) is 2.50. The molecule has 0 amide bonds. The Kier molecular flexibility index (Phi) is 7.31. The molecule has 0 saturated heterocycles. The molecule has 1 aliphatic heterocycles. The van der Waals surface area contributed by atoms with Crippen LogP contribution in [-0.4, -0.2) is 6.10 Å². The van der Waals surface area contributed by atoms with Crippen LogP contribution in [0.3, 0.4) is 0 Å². The maximum absolute atomic E-state index is 13.7. The number of hydrogen-bond acceptors (Lipinski definition) is 1. The summed E-state index contributed by atoms with van der Waals surface area (Å²) >= 11 is 0. The monoisotopic (exact) mass is 364 g/mol. The molecular weight excluding hydrogens is 344 g/mol. The Hall–Kier alpha value is 0.685. The molecule has 1 aromatic carbocycles. The van der Waals surface area contributed by atoms with E-state index in [9.17, 15) is 8.78 Å². The number of fused-ring (bicyclic) bond motifs is 1. The van der Waals surface area contributed by atoms with Gasteiger partial charge in [-0.3, -0.25) is 0 Å². The van der Waals surface area contributed by atoms with Crippen LogP contribution in [0, 0.1) is 24.0 Å². The predicted octanol–water partition coefficient (Wildman–Crippen LogP) is 1.84. The summed E-state index contributed by atoms with van der Waals surface area (Å²) in [6.45, 7) is 0. The summed E-state index contributed by atoms with van der Waals surface area (Å²) in [6.07, 6.45) is 11.2. The van der Waals surface area contributed by atoms with Gasteiger partial charge in [0, 0.05) is 0 Å². The van der Waals surface area contributed by atoms with Crippen molar-refractivity contribution in [3.05, 3.63) is 35.8 Å². The van der Waals surface area contributed by atoms with Gasteiger partial charge in [0.25, 0.3) is 0 Å². The molecule has 1 saturated carbocycles. The molecule has 3 rings (SSSR count). The van der Waals surface area contributed by atoms with Crippen molar-refractivity contribution < 1.29 is 71.7 Å². The van der Waals surface area contributed by atoms with E-state index in [4.69, 9.17) is 4.74 Å². The maximum atomic E-state index is 13.7. The van der Waals surface area contributed by atoms with E-state index in [-0.39, 0.29) is 70.0 Å².